The molecule has 1 aliphatic heterocycles. The number of halogens is 3. The van der Waals surface area contributed by atoms with Crippen molar-refractivity contribution in [1.29, 1.82) is 0 Å². The number of benzene rings is 1. The fraction of sp³-hybridized carbons (Fsp3) is 0.467. The Morgan fingerprint density at radius 3 is 2.86 bits per heavy atom. The molecule has 0 bridgehead atoms. The van der Waals surface area contributed by atoms with E-state index in [4.69, 9.17) is 11.6 Å². The van der Waals surface area contributed by atoms with Crippen molar-refractivity contribution in [2.24, 2.45) is 0 Å². The monoisotopic (exact) mass is 330 g/mol. The van der Waals surface area contributed by atoms with E-state index >= 15 is 0 Å². The molecule has 0 spiro atoms. The van der Waals surface area contributed by atoms with Gasteiger partial charge in [-0.3, -0.25) is 9.59 Å². The molecule has 1 atom stereocenters. The van der Waals surface area contributed by atoms with E-state index in [1.165, 1.54) is 6.07 Å². The topological polar surface area (TPSA) is 49.4 Å². The van der Waals surface area contributed by atoms with Crippen molar-refractivity contribution in [1.82, 2.24) is 5.32 Å². The first kappa shape index (κ1) is 16.7. The molecule has 1 unspecified atom stereocenters. The lowest BCUT2D eigenvalue weighted by Gasteiger charge is -2.27. The summed E-state index contributed by atoms with van der Waals surface area (Å²) >= 11 is 5.86. The average Bonchev–Trinajstić information content (AvgIpc) is 2.44. The van der Waals surface area contributed by atoms with Crippen LogP contribution in [-0.4, -0.2) is 30.8 Å². The number of nitrogens with one attached hydrogen (secondary N) is 1. The SMILES string of the molecule is O=C1CCCC(CC(=O)N(CC(F)F)c2cccc(Cl)c2)N1. The Morgan fingerprint density at radius 2 is 2.23 bits per heavy atom. The highest BCUT2D eigenvalue weighted by molar-refractivity contribution is 6.30. The van der Waals surface area contributed by atoms with E-state index < -0.39 is 18.9 Å². The molecule has 1 heterocycles. The second-order valence-electron chi connectivity index (χ2n) is 5.24. The molecular weight excluding hydrogens is 314 g/mol. The molecule has 0 saturated carbocycles. The Balaban J connectivity index is 2.10. The van der Waals surface area contributed by atoms with Crippen LogP contribution in [0.5, 0.6) is 0 Å². The molecule has 2 amide bonds. The summed E-state index contributed by atoms with van der Waals surface area (Å²) in [7, 11) is 0. The summed E-state index contributed by atoms with van der Waals surface area (Å²) in [5, 5.41) is 3.09. The van der Waals surface area contributed by atoms with Crippen molar-refractivity contribution >= 4 is 29.1 Å². The molecule has 1 fully saturated rings. The van der Waals surface area contributed by atoms with Crippen LogP contribution in [0.3, 0.4) is 0 Å². The van der Waals surface area contributed by atoms with E-state index in [1.54, 1.807) is 18.2 Å². The normalized spacial score (nSPS) is 18.2. The van der Waals surface area contributed by atoms with Crippen LogP contribution in [0.15, 0.2) is 24.3 Å². The van der Waals surface area contributed by atoms with Gasteiger partial charge in [-0.05, 0) is 31.0 Å². The van der Waals surface area contributed by atoms with Crippen molar-refractivity contribution < 1.29 is 18.4 Å². The molecule has 1 aromatic carbocycles. The van der Waals surface area contributed by atoms with Gasteiger partial charge in [0.15, 0.2) is 0 Å². The fourth-order valence-corrected chi connectivity index (χ4v) is 2.67. The number of nitrogens with zero attached hydrogens (tertiary/aromatic N) is 1. The molecule has 1 N–H and O–H groups in total. The number of anilines is 1. The van der Waals surface area contributed by atoms with E-state index in [0.29, 0.717) is 30.0 Å². The van der Waals surface area contributed by atoms with Gasteiger partial charge >= 0.3 is 0 Å². The van der Waals surface area contributed by atoms with Crippen LogP contribution in [0.4, 0.5) is 14.5 Å². The van der Waals surface area contributed by atoms with Crippen LogP contribution in [-0.2, 0) is 9.59 Å². The second kappa shape index (κ2) is 7.54. The average molecular weight is 331 g/mol. The zero-order valence-corrected chi connectivity index (χ0v) is 12.7. The Kier molecular flexibility index (Phi) is 5.71. The van der Waals surface area contributed by atoms with Crippen LogP contribution < -0.4 is 10.2 Å². The molecule has 4 nitrogen and oxygen atoms in total. The summed E-state index contributed by atoms with van der Waals surface area (Å²) in [5.74, 6) is -0.554. The number of hydrogen-bond donors (Lipinski definition) is 1. The molecule has 1 aromatic rings. The van der Waals surface area contributed by atoms with Gasteiger partial charge in [0.05, 0.1) is 6.54 Å². The molecule has 1 aliphatic rings. The Hall–Kier alpha value is -1.69. The first-order valence-corrected chi connectivity index (χ1v) is 7.47. The van der Waals surface area contributed by atoms with E-state index in [0.717, 1.165) is 4.90 Å². The van der Waals surface area contributed by atoms with E-state index in [-0.39, 0.29) is 18.4 Å². The van der Waals surface area contributed by atoms with Gasteiger partial charge in [0.25, 0.3) is 6.43 Å². The summed E-state index contributed by atoms with van der Waals surface area (Å²) < 4.78 is 25.6. The standard InChI is InChI=1S/C15H17ClF2N2O2/c16-10-3-1-5-12(7-10)20(9-13(17)18)15(22)8-11-4-2-6-14(21)19-11/h1,3,5,7,11,13H,2,4,6,8-9H2,(H,19,21). The van der Waals surface area contributed by atoms with E-state index in [1.807, 2.05) is 0 Å². The zero-order valence-electron chi connectivity index (χ0n) is 11.9. The minimum atomic E-state index is -2.65. The molecule has 120 valence electrons. The number of alkyl halides is 2. The molecule has 0 radical (unpaired) electrons. The minimum absolute atomic E-state index is 0.00493. The van der Waals surface area contributed by atoms with Gasteiger partial charge in [-0.15, -0.1) is 0 Å². The van der Waals surface area contributed by atoms with Crippen molar-refractivity contribution in [2.45, 2.75) is 38.2 Å². The second-order valence-corrected chi connectivity index (χ2v) is 5.67. The third kappa shape index (κ3) is 4.66. The van der Waals surface area contributed by atoms with Crippen molar-refractivity contribution in [3.63, 3.8) is 0 Å². The lowest BCUT2D eigenvalue weighted by atomic mass is 10.0. The largest absolute Gasteiger partial charge is 0.353 e. The molecule has 0 aliphatic carbocycles. The summed E-state index contributed by atoms with van der Waals surface area (Å²) in [6, 6.07) is 5.95. The summed E-state index contributed by atoms with van der Waals surface area (Å²) in [6.45, 7) is -0.695. The highest BCUT2D eigenvalue weighted by Crippen LogP contribution is 2.22. The predicted octanol–water partition coefficient (Wildman–Crippen LogP) is 3.00. The predicted molar refractivity (Wildman–Crippen MR) is 80.2 cm³/mol. The van der Waals surface area contributed by atoms with Gasteiger partial charge in [0.1, 0.15) is 0 Å². The third-order valence-corrected chi connectivity index (χ3v) is 3.72. The van der Waals surface area contributed by atoms with Crippen LogP contribution in [0.25, 0.3) is 0 Å². The number of rotatable bonds is 5. The smallest absolute Gasteiger partial charge is 0.256 e. The lowest BCUT2D eigenvalue weighted by molar-refractivity contribution is -0.124. The molecule has 2 rings (SSSR count). The fourth-order valence-electron chi connectivity index (χ4n) is 2.49. The highest BCUT2D eigenvalue weighted by atomic mass is 35.5. The van der Waals surface area contributed by atoms with Gasteiger partial charge in [-0.1, -0.05) is 17.7 Å². The number of carbonyl (C=O) groups is 2. The van der Waals surface area contributed by atoms with E-state index in [9.17, 15) is 18.4 Å². The zero-order chi connectivity index (χ0) is 16.1. The van der Waals surface area contributed by atoms with Gasteiger partial charge in [-0.25, -0.2) is 8.78 Å². The van der Waals surface area contributed by atoms with Crippen LogP contribution >= 0.6 is 11.6 Å². The van der Waals surface area contributed by atoms with Crippen LogP contribution in [0.2, 0.25) is 5.02 Å². The maximum atomic E-state index is 12.8. The molecular formula is C15H17ClF2N2O2. The minimum Gasteiger partial charge on any atom is -0.353 e. The molecule has 7 heteroatoms. The first-order valence-electron chi connectivity index (χ1n) is 7.09. The van der Waals surface area contributed by atoms with Crippen molar-refractivity contribution in [2.75, 3.05) is 11.4 Å². The number of carbonyl (C=O) groups excluding carboxylic acids is 2. The van der Waals surface area contributed by atoms with Gasteiger partial charge in [0, 0.05) is 29.6 Å². The summed E-state index contributed by atoms with van der Waals surface area (Å²) in [4.78, 5) is 24.7. The number of hydrogen-bond acceptors (Lipinski definition) is 2. The van der Waals surface area contributed by atoms with E-state index in [2.05, 4.69) is 5.32 Å². The number of amides is 2. The Bertz CT molecular complexity index is 554. The maximum Gasteiger partial charge on any atom is 0.256 e. The summed E-state index contributed by atoms with van der Waals surface area (Å²) in [6.07, 6.45) is -0.820. The van der Waals surface area contributed by atoms with Gasteiger partial charge < -0.3 is 10.2 Å². The van der Waals surface area contributed by atoms with Gasteiger partial charge in [-0.2, -0.15) is 0 Å². The molecule has 22 heavy (non-hydrogen) atoms. The highest BCUT2D eigenvalue weighted by Gasteiger charge is 2.26. The number of piperidine rings is 1. The first-order chi connectivity index (χ1) is 10.5. The Labute approximate surface area is 132 Å². The van der Waals surface area contributed by atoms with Crippen LogP contribution in [0.1, 0.15) is 25.7 Å². The summed E-state index contributed by atoms with van der Waals surface area (Å²) in [5.41, 5.74) is 0.333. The van der Waals surface area contributed by atoms with Crippen molar-refractivity contribution in [3.05, 3.63) is 29.3 Å². The maximum absolute atomic E-state index is 12.8. The van der Waals surface area contributed by atoms with Crippen molar-refractivity contribution in [3.8, 4) is 0 Å². The van der Waals surface area contributed by atoms with Gasteiger partial charge in [0.2, 0.25) is 11.8 Å². The van der Waals surface area contributed by atoms with Crippen LogP contribution in [0, 0.1) is 0 Å². The molecule has 0 aromatic heterocycles. The molecule has 1 saturated heterocycles. The quantitative estimate of drug-likeness (QED) is 0.902. The lowest BCUT2D eigenvalue weighted by Crippen LogP contribution is -2.44. The third-order valence-electron chi connectivity index (χ3n) is 3.48. The Morgan fingerprint density at radius 1 is 1.45 bits per heavy atom.